The van der Waals surface area contributed by atoms with Crippen molar-refractivity contribution in [1.29, 1.82) is 0 Å². The number of benzene rings is 2. The van der Waals surface area contributed by atoms with Crippen LogP contribution in [0.15, 0.2) is 61.2 Å². The number of carbonyl (C=O) groups is 2. The number of rotatable bonds is 7. The Morgan fingerprint density at radius 3 is 2.48 bits per heavy atom. The van der Waals surface area contributed by atoms with E-state index >= 15 is 0 Å². The second kappa shape index (κ2) is 9.12. The van der Waals surface area contributed by atoms with Crippen molar-refractivity contribution in [3.05, 3.63) is 72.3 Å². The SMILES string of the molecule is C=CCNC(=O)c1ccc(NC(=O)NCc2ccccc2OC)cc1. The van der Waals surface area contributed by atoms with Gasteiger partial charge in [-0.15, -0.1) is 6.58 Å². The first kappa shape index (κ1) is 18.1. The average molecular weight is 339 g/mol. The van der Waals surface area contributed by atoms with Crippen molar-refractivity contribution in [1.82, 2.24) is 10.6 Å². The zero-order chi connectivity index (χ0) is 18.1. The molecule has 3 amide bonds. The normalized spacial score (nSPS) is 9.80. The van der Waals surface area contributed by atoms with Crippen LogP contribution < -0.4 is 20.7 Å². The van der Waals surface area contributed by atoms with Gasteiger partial charge in [-0.05, 0) is 30.3 Å². The van der Waals surface area contributed by atoms with Gasteiger partial charge in [0.25, 0.3) is 5.91 Å². The lowest BCUT2D eigenvalue weighted by molar-refractivity contribution is 0.0958. The van der Waals surface area contributed by atoms with E-state index in [1.54, 1.807) is 37.5 Å². The van der Waals surface area contributed by atoms with Crippen LogP contribution in [0.2, 0.25) is 0 Å². The lowest BCUT2D eigenvalue weighted by Crippen LogP contribution is -2.28. The van der Waals surface area contributed by atoms with Gasteiger partial charge >= 0.3 is 6.03 Å². The summed E-state index contributed by atoms with van der Waals surface area (Å²) in [5.41, 5.74) is 1.99. The van der Waals surface area contributed by atoms with E-state index in [0.29, 0.717) is 24.3 Å². The fraction of sp³-hybridized carbons (Fsp3) is 0.158. The average Bonchev–Trinajstić information content (AvgIpc) is 2.65. The molecule has 0 aliphatic heterocycles. The number of anilines is 1. The van der Waals surface area contributed by atoms with Crippen molar-refractivity contribution in [2.24, 2.45) is 0 Å². The van der Waals surface area contributed by atoms with E-state index in [1.165, 1.54) is 0 Å². The highest BCUT2D eigenvalue weighted by atomic mass is 16.5. The molecule has 0 saturated heterocycles. The van der Waals surface area contributed by atoms with Crippen molar-refractivity contribution < 1.29 is 14.3 Å². The van der Waals surface area contributed by atoms with Crippen molar-refractivity contribution in [2.75, 3.05) is 19.0 Å². The maximum absolute atomic E-state index is 12.0. The molecule has 130 valence electrons. The minimum Gasteiger partial charge on any atom is -0.496 e. The van der Waals surface area contributed by atoms with Crippen molar-refractivity contribution in [3.63, 3.8) is 0 Å². The molecule has 2 rings (SSSR count). The summed E-state index contributed by atoms with van der Waals surface area (Å²) in [4.78, 5) is 23.8. The molecule has 3 N–H and O–H groups in total. The van der Waals surface area contributed by atoms with Crippen LogP contribution in [0.25, 0.3) is 0 Å². The maximum Gasteiger partial charge on any atom is 0.319 e. The molecule has 0 heterocycles. The summed E-state index contributed by atoms with van der Waals surface area (Å²) in [5, 5.41) is 8.18. The third kappa shape index (κ3) is 5.39. The number of nitrogens with one attached hydrogen (secondary N) is 3. The van der Waals surface area contributed by atoms with Crippen LogP contribution in [-0.2, 0) is 6.54 Å². The summed E-state index contributed by atoms with van der Waals surface area (Å²) in [6.07, 6.45) is 1.61. The van der Waals surface area contributed by atoms with Gasteiger partial charge < -0.3 is 20.7 Å². The van der Waals surface area contributed by atoms with Crippen molar-refractivity contribution in [2.45, 2.75) is 6.54 Å². The highest BCUT2D eigenvalue weighted by molar-refractivity contribution is 5.95. The summed E-state index contributed by atoms with van der Waals surface area (Å²) >= 11 is 0. The van der Waals surface area contributed by atoms with E-state index in [2.05, 4.69) is 22.5 Å². The summed E-state index contributed by atoms with van der Waals surface area (Å²) < 4.78 is 5.24. The molecule has 0 radical (unpaired) electrons. The van der Waals surface area contributed by atoms with Crippen LogP contribution in [0.3, 0.4) is 0 Å². The van der Waals surface area contributed by atoms with Gasteiger partial charge in [0.15, 0.2) is 0 Å². The fourth-order valence-corrected chi connectivity index (χ4v) is 2.17. The maximum atomic E-state index is 12.0. The number of amides is 3. The first-order chi connectivity index (χ1) is 12.1. The van der Waals surface area contributed by atoms with E-state index < -0.39 is 0 Å². The van der Waals surface area contributed by atoms with Gasteiger partial charge in [0, 0.05) is 29.9 Å². The Kier molecular flexibility index (Phi) is 6.59. The number of methoxy groups -OCH3 is 1. The number of carbonyl (C=O) groups excluding carboxylic acids is 2. The molecule has 0 saturated carbocycles. The number of urea groups is 1. The van der Waals surface area contributed by atoms with Crippen LogP contribution in [0.1, 0.15) is 15.9 Å². The summed E-state index contributed by atoms with van der Waals surface area (Å²) in [7, 11) is 1.59. The minimum absolute atomic E-state index is 0.188. The molecule has 2 aromatic rings. The molecule has 0 spiro atoms. The fourth-order valence-electron chi connectivity index (χ4n) is 2.17. The van der Waals surface area contributed by atoms with E-state index in [4.69, 9.17) is 4.74 Å². The van der Waals surface area contributed by atoms with Crippen molar-refractivity contribution >= 4 is 17.6 Å². The van der Waals surface area contributed by atoms with Gasteiger partial charge in [-0.25, -0.2) is 4.79 Å². The highest BCUT2D eigenvalue weighted by Gasteiger charge is 2.07. The Hall–Kier alpha value is -3.28. The monoisotopic (exact) mass is 339 g/mol. The Morgan fingerprint density at radius 1 is 1.08 bits per heavy atom. The predicted octanol–water partition coefficient (Wildman–Crippen LogP) is 2.93. The Labute approximate surface area is 146 Å². The minimum atomic E-state index is -0.338. The van der Waals surface area contributed by atoms with Crippen LogP contribution in [0.5, 0.6) is 5.75 Å². The largest absolute Gasteiger partial charge is 0.496 e. The number of ether oxygens (including phenoxy) is 1. The summed E-state index contributed by atoms with van der Waals surface area (Å²) in [6, 6.07) is 13.8. The molecular formula is C19H21N3O3. The second-order valence-corrected chi connectivity index (χ2v) is 5.20. The Morgan fingerprint density at radius 2 is 1.80 bits per heavy atom. The number of hydrogen-bond acceptors (Lipinski definition) is 3. The smallest absolute Gasteiger partial charge is 0.319 e. The van der Waals surface area contributed by atoms with E-state index in [-0.39, 0.29) is 11.9 Å². The lowest BCUT2D eigenvalue weighted by Gasteiger charge is -2.11. The van der Waals surface area contributed by atoms with Gasteiger partial charge in [-0.2, -0.15) is 0 Å². The number of para-hydroxylation sites is 1. The van der Waals surface area contributed by atoms with Gasteiger partial charge in [-0.3, -0.25) is 4.79 Å². The molecule has 0 aromatic heterocycles. The molecule has 6 nitrogen and oxygen atoms in total. The standard InChI is InChI=1S/C19H21N3O3/c1-3-12-20-18(23)14-8-10-16(11-9-14)22-19(24)21-13-15-6-4-5-7-17(15)25-2/h3-11H,1,12-13H2,2H3,(H,20,23)(H2,21,22,24). The molecule has 0 aliphatic carbocycles. The number of hydrogen-bond donors (Lipinski definition) is 3. The third-order valence-electron chi connectivity index (χ3n) is 3.44. The van der Waals surface area contributed by atoms with Crippen LogP contribution in [-0.4, -0.2) is 25.6 Å². The molecule has 0 atom stereocenters. The quantitative estimate of drug-likeness (QED) is 0.679. The van der Waals surface area contributed by atoms with Gasteiger partial charge in [0.2, 0.25) is 0 Å². The molecule has 2 aromatic carbocycles. The molecule has 0 fully saturated rings. The zero-order valence-corrected chi connectivity index (χ0v) is 14.0. The molecule has 0 aliphatic rings. The van der Waals surface area contributed by atoms with Crippen LogP contribution in [0, 0.1) is 0 Å². The summed E-state index contributed by atoms with van der Waals surface area (Å²) in [6.45, 7) is 4.30. The van der Waals surface area contributed by atoms with E-state index in [1.807, 2.05) is 24.3 Å². The van der Waals surface area contributed by atoms with Crippen molar-refractivity contribution in [3.8, 4) is 5.75 Å². The predicted molar refractivity (Wildman–Crippen MR) is 97.8 cm³/mol. The summed E-state index contributed by atoms with van der Waals surface area (Å²) in [5.74, 6) is 0.532. The van der Waals surface area contributed by atoms with Gasteiger partial charge in [0.1, 0.15) is 5.75 Å². The molecule has 25 heavy (non-hydrogen) atoms. The molecule has 0 unspecified atom stereocenters. The van der Waals surface area contributed by atoms with Gasteiger partial charge in [-0.1, -0.05) is 24.3 Å². The van der Waals surface area contributed by atoms with E-state index in [0.717, 1.165) is 11.3 Å². The first-order valence-corrected chi connectivity index (χ1v) is 7.80. The zero-order valence-electron chi connectivity index (χ0n) is 14.0. The molecule has 6 heteroatoms. The van der Waals surface area contributed by atoms with Crippen LogP contribution in [0.4, 0.5) is 10.5 Å². The molecule has 0 bridgehead atoms. The van der Waals surface area contributed by atoms with Crippen LogP contribution >= 0.6 is 0 Å². The topological polar surface area (TPSA) is 79.5 Å². The Balaban J connectivity index is 1.88. The lowest BCUT2D eigenvalue weighted by atomic mass is 10.2. The third-order valence-corrected chi connectivity index (χ3v) is 3.44. The Bertz CT molecular complexity index is 742. The second-order valence-electron chi connectivity index (χ2n) is 5.20. The highest BCUT2D eigenvalue weighted by Crippen LogP contribution is 2.16. The first-order valence-electron chi connectivity index (χ1n) is 7.80. The molecular weight excluding hydrogens is 318 g/mol. The van der Waals surface area contributed by atoms with Gasteiger partial charge in [0.05, 0.1) is 7.11 Å². The van der Waals surface area contributed by atoms with E-state index in [9.17, 15) is 9.59 Å².